The van der Waals surface area contributed by atoms with E-state index in [1.165, 1.54) is 20.0 Å². The Morgan fingerprint density at radius 1 is 1.44 bits per heavy atom. The van der Waals surface area contributed by atoms with E-state index in [1.807, 2.05) is 7.05 Å². The lowest BCUT2D eigenvalue weighted by molar-refractivity contribution is -0.149. The highest BCUT2D eigenvalue weighted by Crippen LogP contribution is 2.28. The Kier molecular flexibility index (Phi) is 6.09. The Balaban J connectivity index is 2.80. The molecule has 0 saturated carbocycles. The molecule has 0 amide bonds. The summed E-state index contributed by atoms with van der Waals surface area (Å²) in [6, 6.07) is 0.209. The molecule has 0 aliphatic carbocycles. The van der Waals surface area contributed by atoms with Gasteiger partial charge in [0.1, 0.15) is 0 Å². The molecule has 0 aromatic rings. The second-order valence-electron chi connectivity index (χ2n) is 5.77. The van der Waals surface area contributed by atoms with Gasteiger partial charge in [0.15, 0.2) is 0 Å². The van der Waals surface area contributed by atoms with Crippen LogP contribution in [0.2, 0.25) is 0 Å². The first kappa shape index (κ1) is 15.4. The molecular weight excluding hydrogens is 228 g/mol. The van der Waals surface area contributed by atoms with E-state index < -0.39 is 0 Å². The first-order valence-corrected chi connectivity index (χ1v) is 6.94. The van der Waals surface area contributed by atoms with Crippen molar-refractivity contribution in [1.82, 2.24) is 10.2 Å². The van der Waals surface area contributed by atoms with Crippen molar-refractivity contribution in [2.45, 2.75) is 32.7 Å². The number of methoxy groups -OCH3 is 1. The normalized spacial score (nSPS) is 24.9. The summed E-state index contributed by atoms with van der Waals surface area (Å²) in [4.78, 5) is 14.4. The van der Waals surface area contributed by atoms with Gasteiger partial charge in [0.05, 0.1) is 13.0 Å². The number of nitrogens with zero attached hydrogens (tertiary/aromatic N) is 1. The van der Waals surface area contributed by atoms with Crippen LogP contribution in [0.15, 0.2) is 0 Å². The Morgan fingerprint density at radius 3 is 2.56 bits per heavy atom. The number of carbonyl (C=O) groups is 1. The van der Waals surface area contributed by atoms with E-state index in [0.29, 0.717) is 11.8 Å². The largest absolute Gasteiger partial charge is 0.469 e. The van der Waals surface area contributed by atoms with Crippen LogP contribution in [-0.4, -0.2) is 51.2 Å². The summed E-state index contributed by atoms with van der Waals surface area (Å²) in [5.74, 6) is 0.677. The van der Waals surface area contributed by atoms with Gasteiger partial charge in [0.2, 0.25) is 0 Å². The van der Waals surface area contributed by atoms with E-state index in [2.05, 4.69) is 31.1 Å². The smallest absolute Gasteiger partial charge is 0.310 e. The highest BCUT2D eigenvalue weighted by molar-refractivity contribution is 5.73. The summed E-state index contributed by atoms with van der Waals surface area (Å²) in [6.45, 7) is 6.42. The molecule has 0 aromatic carbocycles. The molecule has 1 heterocycles. The van der Waals surface area contributed by atoms with Crippen LogP contribution >= 0.6 is 0 Å². The van der Waals surface area contributed by atoms with Gasteiger partial charge < -0.3 is 15.0 Å². The summed E-state index contributed by atoms with van der Waals surface area (Å²) in [6.07, 6.45) is 2.40. The summed E-state index contributed by atoms with van der Waals surface area (Å²) in [7, 11) is 5.59. The molecule has 1 aliphatic heterocycles. The Labute approximate surface area is 111 Å². The van der Waals surface area contributed by atoms with Crippen molar-refractivity contribution >= 4 is 5.97 Å². The number of likely N-dealkylation sites (tertiary alicyclic amines) is 1. The fraction of sp³-hybridized carbons (Fsp3) is 0.929. The summed E-state index contributed by atoms with van der Waals surface area (Å²) >= 11 is 0. The molecular formula is C14H28N2O2. The zero-order chi connectivity index (χ0) is 13.7. The Hall–Kier alpha value is -0.610. The molecule has 1 rings (SSSR count). The average Bonchev–Trinajstić information content (AvgIpc) is 2.34. The van der Waals surface area contributed by atoms with Gasteiger partial charge in [-0.2, -0.15) is 0 Å². The second-order valence-corrected chi connectivity index (χ2v) is 5.77. The SMILES string of the molecule is CNC(C1CCCN(C)C1)C(C(=O)OC)C(C)C. The van der Waals surface area contributed by atoms with Crippen LogP contribution in [0.1, 0.15) is 26.7 Å². The predicted octanol–water partition coefficient (Wildman–Crippen LogP) is 1.36. The van der Waals surface area contributed by atoms with Crippen molar-refractivity contribution in [3.05, 3.63) is 0 Å². The van der Waals surface area contributed by atoms with Crippen LogP contribution < -0.4 is 5.32 Å². The topological polar surface area (TPSA) is 41.6 Å². The number of hydrogen-bond donors (Lipinski definition) is 1. The number of ether oxygens (including phenoxy) is 1. The maximum Gasteiger partial charge on any atom is 0.310 e. The fourth-order valence-electron chi connectivity index (χ4n) is 3.18. The molecule has 1 aliphatic rings. The molecule has 0 spiro atoms. The maximum atomic E-state index is 12.0. The van der Waals surface area contributed by atoms with Crippen molar-refractivity contribution < 1.29 is 9.53 Å². The van der Waals surface area contributed by atoms with Gasteiger partial charge in [-0.25, -0.2) is 0 Å². The first-order valence-electron chi connectivity index (χ1n) is 6.94. The van der Waals surface area contributed by atoms with Crippen molar-refractivity contribution in [3.8, 4) is 0 Å². The molecule has 4 heteroatoms. The first-order chi connectivity index (χ1) is 8.51. The van der Waals surface area contributed by atoms with Crippen molar-refractivity contribution in [2.75, 3.05) is 34.3 Å². The molecule has 1 fully saturated rings. The molecule has 0 radical (unpaired) electrons. The molecule has 106 valence electrons. The van der Waals surface area contributed by atoms with Gasteiger partial charge >= 0.3 is 5.97 Å². The van der Waals surface area contributed by atoms with Crippen LogP contribution in [0.3, 0.4) is 0 Å². The minimum absolute atomic E-state index is 0.0588. The predicted molar refractivity (Wildman–Crippen MR) is 73.4 cm³/mol. The number of piperidine rings is 1. The summed E-state index contributed by atoms with van der Waals surface area (Å²) in [5.41, 5.74) is 0. The van der Waals surface area contributed by atoms with Crippen molar-refractivity contribution in [2.24, 2.45) is 17.8 Å². The van der Waals surface area contributed by atoms with Crippen LogP contribution in [0.25, 0.3) is 0 Å². The van der Waals surface area contributed by atoms with E-state index in [4.69, 9.17) is 4.74 Å². The van der Waals surface area contributed by atoms with Gasteiger partial charge in [-0.05, 0) is 45.3 Å². The third kappa shape index (κ3) is 3.69. The third-order valence-electron chi connectivity index (χ3n) is 4.08. The molecule has 1 saturated heterocycles. The van der Waals surface area contributed by atoms with Crippen LogP contribution in [-0.2, 0) is 9.53 Å². The minimum atomic E-state index is -0.0856. The van der Waals surface area contributed by atoms with E-state index in [0.717, 1.165) is 13.1 Å². The van der Waals surface area contributed by atoms with Gasteiger partial charge in [-0.15, -0.1) is 0 Å². The summed E-state index contributed by atoms with van der Waals surface area (Å²) < 4.78 is 4.98. The van der Waals surface area contributed by atoms with Gasteiger partial charge in [0.25, 0.3) is 0 Å². The minimum Gasteiger partial charge on any atom is -0.469 e. The Bertz CT molecular complexity index is 269. The summed E-state index contributed by atoms with van der Waals surface area (Å²) in [5, 5.41) is 3.36. The van der Waals surface area contributed by atoms with Gasteiger partial charge in [-0.3, -0.25) is 4.79 Å². The number of esters is 1. The van der Waals surface area contributed by atoms with E-state index >= 15 is 0 Å². The standard InChI is InChI=1S/C14H28N2O2/c1-10(2)12(14(17)18-5)13(15-3)11-7-6-8-16(4)9-11/h10-13,15H,6-9H2,1-5H3. The van der Waals surface area contributed by atoms with Crippen molar-refractivity contribution in [3.63, 3.8) is 0 Å². The lowest BCUT2D eigenvalue weighted by Crippen LogP contribution is -2.51. The van der Waals surface area contributed by atoms with Crippen molar-refractivity contribution in [1.29, 1.82) is 0 Å². The van der Waals surface area contributed by atoms with E-state index in [9.17, 15) is 4.79 Å². The zero-order valence-corrected chi connectivity index (χ0v) is 12.4. The fourth-order valence-corrected chi connectivity index (χ4v) is 3.18. The van der Waals surface area contributed by atoms with Crippen LogP contribution in [0.4, 0.5) is 0 Å². The zero-order valence-electron chi connectivity index (χ0n) is 12.4. The number of nitrogens with one attached hydrogen (secondary N) is 1. The quantitative estimate of drug-likeness (QED) is 0.754. The molecule has 4 nitrogen and oxygen atoms in total. The van der Waals surface area contributed by atoms with E-state index in [-0.39, 0.29) is 17.9 Å². The third-order valence-corrected chi connectivity index (χ3v) is 4.08. The monoisotopic (exact) mass is 256 g/mol. The number of carbonyl (C=O) groups excluding carboxylic acids is 1. The molecule has 18 heavy (non-hydrogen) atoms. The highest BCUT2D eigenvalue weighted by atomic mass is 16.5. The average molecular weight is 256 g/mol. The molecule has 0 aromatic heterocycles. The maximum absolute atomic E-state index is 12.0. The second kappa shape index (κ2) is 7.10. The molecule has 0 bridgehead atoms. The molecule has 1 N–H and O–H groups in total. The van der Waals surface area contributed by atoms with E-state index in [1.54, 1.807) is 0 Å². The lowest BCUT2D eigenvalue weighted by atomic mass is 9.78. The van der Waals surface area contributed by atoms with Gasteiger partial charge in [-0.1, -0.05) is 13.8 Å². The number of hydrogen-bond acceptors (Lipinski definition) is 4. The molecule has 3 atom stereocenters. The highest BCUT2D eigenvalue weighted by Gasteiger charge is 2.37. The van der Waals surface area contributed by atoms with Crippen LogP contribution in [0.5, 0.6) is 0 Å². The lowest BCUT2D eigenvalue weighted by Gasteiger charge is -2.39. The van der Waals surface area contributed by atoms with Crippen LogP contribution in [0, 0.1) is 17.8 Å². The Morgan fingerprint density at radius 2 is 2.11 bits per heavy atom. The number of rotatable bonds is 5. The molecule has 3 unspecified atom stereocenters. The van der Waals surface area contributed by atoms with Gasteiger partial charge in [0, 0.05) is 12.6 Å².